The minimum Gasteiger partial charge on any atom is -0.335 e. The summed E-state index contributed by atoms with van der Waals surface area (Å²) in [5, 5.41) is 0. The van der Waals surface area contributed by atoms with E-state index in [4.69, 9.17) is 0 Å². The first-order valence-electron chi connectivity index (χ1n) is 4.25. The van der Waals surface area contributed by atoms with Crippen molar-refractivity contribution < 1.29 is 4.79 Å². The highest BCUT2D eigenvalue weighted by Crippen LogP contribution is 2.26. The molecule has 0 saturated carbocycles. The van der Waals surface area contributed by atoms with Crippen LogP contribution in [0.2, 0.25) is 0 Å². The molecule has 0 spiro atoms. The molecule has 1 rings (SSSR count). The van der Waals surface area contributed by atoms with Gasteiger partial charge in [-0.15, -0.1) is 0 Å². The number of nitrogens with zero attached hydrogens (tertiary/aromatic N) is 1. The summed E-state index contributed by atoms with van der Waals surface area (Å²) in [6, 6.07) is 0.433. The van der Waals surface area contributed by atoms with E-state index in [0.29, 0.717) is 11.9 Å². The number of hydrogen-bond donors (Lipinski definition) is 0. The number of carbonyl (C=O) groups is 1. The third-order valence-electron chi connectivity index (χ3n) is 2.21. The van der Waals surface area contributed by atoms with Crippen LogP contribution < -0.4 is 0 Å². The highest BCUT2D eigenvalue weighted by atomic mass is 16.2. The fourth-order valence-electron chi connectivity index (χ4n) is 1.86. The lowest BCUT2D eigenvalue weighted by Crippen LogP contribution is -2.45. The van der Waals surface area contributed by atoms with Gasteiger partial charge in [-0.25, -0.2) is 0 Å². The van der Waals surface area contributed by atoms with Crippen LogP contribution in [0.1, 0.15) is 40.5 Å². The molecule has 0 radical (unpaired) electrons. The summed E-state index contributed by atoms with van der Waals surface area (Å²) in [5.74, 6) is 0.310. The molecule has 0 aliphatic carbocycles. The SMILES string of the molecule is C[C@@H]1CCC(=O)N1C(C)(C)C. The van der Waals surface area contributed by atoms with E-state index < -0.39 is 0 Å². The molecule has 0 aromatic rings. The zero-order valence-electron chi connectivity index (χ0n) is 7.85. The smallest absolute Gasteiger partial charge is 0.223 e. The van der Waals surface area contributed by atoms with Crippen LogP contribution in [0.3, 0.4) is 0 Å². The predicted octanol–water partition coefficient (Wildman–Crippen LogP) is 1.80. The van der Waals surface area contributed by atoms with E-state index in [-0.39, 0.29) is 5.54 Å². The lowest BCUT2D eigenvalue weighted by Gasteiger charge is -2.35. The molecule has 2 nitrogen and oxygen atoms in total. The van der Waals surface area contributed by atoms with E-state index in [1.54, 1.807) is 0 Å². The van der Waals surface area contributed by atoms with Crippen molar-refractivity contribution in [3.8, 4) is 0 Å². The van der Waals surface area contributed by atoms with Gasteiger partial charge in [0.15, 0.2) is 0 Å². The van der Waals surface area contributed by atoms with Gasteiger partial charge in [-0.3, -0.25) is 4.79 Å². The molecule has 0 bridgehead atoms. The largest absolute Gasteiger partial charge is 0.335 e. The molecule has 1 atom stereocenters. The predicted molar refractivity (Wildman–Crippen MR) is 45.3 cm³/mol. The first-order chi connectivity index (χ1) is 4.93. The highest BCUT2D eigenvalue weighted by molar-refractivity contribution is 5.79. The molecule has 1 fully saturated rings. The standard InChI is InChI=1S/C9H17NO/c1-7-5-6-8(11)10(7)9(2,3)4/h7H,5-6H2,1-4H3/t7-/m1/s1. The van der Waals surface area contributed by atoms with Crippen molar-refractivity contribution in [2.45, 2.75) is 52.1 Å². The van der Waals surface area contributed by atoms with Crippen molar-refractivity contribution in [3.63, 3.8) is 0 Å². The maximum absolute atomic E-state index is 11.4. The van der Waals surface area contributed by atoms with Gasteiger partial charge >= 0.3 is 0 Å². The molecule has 2 heteroatoms. The Balaban J connectivity index is 2.77. The number of amides is 1. The zero-order valence-corrected chi connectivity index (χ0v) is 7.85. The Bertz CT molecular complexity index is 169. The van der Waals surface area contributed by atoms with Crippen LogP contribution in [0.15, 0.2) is 0 Å². The molecule has 1 aliphatic heterocycles. The molecule has 0 aromatic carbocycles. The summed E-state index contributed by atoms with van der Waals surface area (Å²) < 4.78 is 0. The van der Waals surface area contributed by atoms with E-state index in [1.165, 1.54) is 0 Å². The fraction of sp³-hybridized carbons (Fsp3) is 0.889. The second-order valence-electron chi connectivity index (χ2n) is 4.32. The molecule has 1 aliphatic rings. The van der Waals surface area contributed by atoms with Crippen molar-refractivity contribution in [2.75, 3.05) is 0 Å². The summed E-state index contributed by atoms with van der Waals surface area (Å²) in [6.07, 6.45) is 1.76. The average Bonchev–Trinajstić information content (AvgIpc) is 2.08. The van der Waals surface area contributed by atoms with E-state index >= 15 is 0 Å². The Morgan fingerprint density at radius 2 is 2.00 bits per heavy atom. The van der Waals surface area contributed by atoms with Crippen molar-refractivity contribution in [3.05, 3.63) is 0 Å². The Kier molecular flexibility index (Phi) is 1.95. The van der Waals surface area contributed by atoms with Crippen molar-refractivity contribution in [2.24, 2.45) is 0 Å². The van der Waals surface area contributed by atoms with E-state index in [1.807, 2.05) is 4.90 Å². The Labute approximate surface area is 68.6 Å². The monoisotopic (exact) mass is 155 g/mol. The first-order valence-corrected chi connectivity index (χ1v) is 4.25. The van der Waals surface area contributed by atoms with Gasteiger partial charge in [0, 0.05) is 18.0 Å². The van der Waals surface area contributed by atoms with Crippen LogP contribution in [-0.4, -0.2) is 22.4 Å². The third-order valence-corrected chi connectivity index (χ3v) is 2.21. The number of carbonyl (C=O) groups excluding carboxylic acids is 1. The normalized spacial score (nSPS) is 26.4. The highest BCUT2D eigenvalue weighted by Gasteiger charge is 2.35. The number of hydrogen-bond acceptors (Lipinski definition) is 1. The summed E-state index contributed by atoms with van der Waals surface area (Å²) >= 11 is 0. The van der Waals surface area contributed by atoms with Gasteiger partial charge in [-0.1, -0.05) is 0 Å². The lowest BCUT2D eigenvalue weighted by atomic mass is 10.1. The van der Waals surface area contributed by atoms with Crippen LogP contribution >= 0.6 is 0 Å². The van der Waals surface area contributed by atoms with Gasteiger partial charge in [0.25, 0.3) is 0 Å². The summed E-state index contributed by atoms with van der Waals surface area (Å²) in [5.41, 5.74) is 0.00694. The number of likely N-dealkylation sites (tertiary alicyclic amines) is 1. The van der Waals surface area contributed by atoms with Gasteiger partial charge in [-0.05, 0) is 34.1 Å². The molecule has 1 amide bonds. The second kappa shape index (κ2) is 2.50. The molecule has 1 heterocycles. The number of rotatable bonds is 0. The molecule has 64 valence electrons. The van der Waals surface area contributed by atoms with Gasteiger partial charge < -0.3 is 4.90 Å². The summed E-state index contributed by atoms with van der Waals surface area (Å²) in [7, 11) is 0. The van der Waals surface area contributed by atoms with Gasteiger partial charge in [0.05, 0.1) is 0 Å². The lowest BCUT2D eigenvalue weighted by molar-refractivity contribution is -0.133. The molecular formula is C9H17NO. The van der Waals surface area contributed by atoms with Crippen LogP contribution in [0.4, 0.5) is 0 Å². The third kappa shape index (κ3) is 1.55. The fourth-order valence-corrected chi connectivity index (χ4v) is 1.86. The zero-order chi connectivity index (χ0) is 8.65. The maximum atomic E-state index is 11.4. The Morgan fingerprint density at radius 1 is 1.45 bits per heavy atom. The molecule has 11 heavy (non-hydrogen) atoms. The van der Waals surface area contributed by atoms with Crippen molar-refractivity contribution >= 4 is 5.91 Å². The Morgan fingerprint density at radius 3 is 2.18 bits per heavy atom. The van der Waals surface area contributed by atoms with Crippen LogP contribution in [0.25, 0.3) is 0 Å². The first kappa shape index (κ1) is 8.57. The van der Waals surface area contributed by atoms with Crippen molar-refractivity contribution in [1.82, 2.24) is 4.90 Å². The second-order valence-corrected chi connectivity index (χ2v) is 4.32. The van der Waals surface area contributed by atoms with E-state index in [9.17, 15) is 4.79 Å². The minimum atomic E-state index is 0.00694. The van der Waals surface area contributed by atoms with E-state index in [0.717, 1.165) is 12.8 Å². The van der Waals surface area contributed by atoms with Crippen LogP contribution in [-0.2, 0) is 4.79 Å². The van der Waals surface area contributed by atoms with Crippen molar-refractivity contribution in [1.29, 1.82) is 0 Å². The molecule has 0 aromatic heterocycles. The topological polar surface area (TPSA) is 20.3 Å². The average molecular weight is 155 g/mol. The minimum absolute atomic E-state index is 0.00694. The Hall–Kier alpha value is -0.530. The molecule has 0 unspecified atom stereocenters. The molecule has 1 saturated heterocycles. The molecular weight excluding hydrogens is 138 g/mol. The molecule has 0 N–H and O–H groups in total. The van der Waals surface area contributed by atoms with Crippen LogP contribution in [0.5, 0.6) is 0 Å². The van der Waals surface area contributed by atoms with E-state index in [2.05, 4.69) is 27.7 Å². The van der Waals surface area contributed by atoms with Crippen LogP contribution in [0, 0.1) is 0 Å². The van der Waals surface area contributed by atoms with Gasteiger partial charge in [0.2, 0.25) is 5.91 Å². The quantitative estimate of drug-likeness (QED) is 0.522. The summed E-state index contributed by atoms with van der Waals surface area (Å²) in [4.78, 5) is 13.4. The van der Waals surface area contributed by atoms with Gasteiger partial charge in [0.1, 0.15) is 0 Å². The maximum Gasteiger partial charge on any atom is 0.223 e. The summed E-state index contributed by atoms with van der Waals surface area (Å²) in [6.45, 7) is 8.39. The van der Waals surface area contributed by atoms with Gasteiger partial charge in [-0.2, -0.15) is 0 Å².